The molecule has 0 amide bonds. The minimum atomic E-state index is -1.54. The summed E-state index contributed by atoms with van der Waals surface area (Å²) in [6.45, 7) is 4.77. The Morgan fingerprint density at radius 2 is 1.38 bits per heavy atom. The summed E-state index contributed by atoms with van der Waals surface area (Å²) in [5, 5.41) is 12.7. The van der Waals surface area contributed by atoms with Gasteiger partial charge in [0.25, 0.3) is 0 Å². The van der Waals surface area contributed by atoms with Crippen molar-refractivity contribution in [3.05, 3.63) is 0 Å². The minimum Gasteiger partial charge on any atom is -0.480 e. The number of rotatable bonds is 20. The maximum absolute atomic E-state index is 12.8. The number of carboxylic acid groups (broad SMARTS) is 1. The van der Waals surface area contributed by atoms with Crippen molar-refractivity contribution < 1.29 is 14.7 Å². The van der Waals surface area contributed by atoms with Crippen LogP contribution in [-0.4, -0.2) is 41.4 Å². The summed E-state index contributed by atoms with van der Waals surface area (Å²) in [5.74, 6) is -1.38. The van der Waals surface area contributed by atoms with Crippen LogP contribution in [0.15, 0.2) is 4.99 Å². The third kappa shape index (κ3) is 12.5. The number of carbonyl (C=O) groups excluding carboxylic acids is 1. The van der Waals surface area contributed by atoms with Crippen molar-refractivity contribution in [3.63, 3.8) is 0 Å². The average Bonchev–Trinajstić information content (AvgIpc) is 2.67. The second-order valence-corrected chi connectivity index (χ2v) is 7.86. The van der Waals surface area contributed by atoms with Gasteiger partial charge in [-0.2, -0.15) is 0 Å². The van der Waals surface area contributed by atoms with E-state index in [0.29, 0.717) is 25.9 Å². The predicted molar refractivity (Wildman–Crippen MR) is 120 cm³/mol. The fourth-order valence-electron chi connectivity index (χ4n) is 3.65. The molecule has 0 saturated heterocycles. The molecule has 170 valence electrons. The van der Waals surface area contributed by atoms with Gasteiger partial charge in [0.2, 0.25) is 0 Å². The normalized spacial score (nSPS) is 13.0. The van der Waals surface area contributed by atoms with E-state index in [1.54, 1.807) is 0 Å². The zero-order chi connectivity index (χ0) is 22.0. The SMILES string of the molecule is CCCCCCCCCCCCCC(=O)[C@@](CCCN=C(N)N)(NCC)C(=O)O. The standard InChI is InChI=1S/C22H44N4O3/c1-3-5-6-7-8-9-10-11-12-13-14-16-19(27)22(20(28)29,26-4-2)17-15-18-25-21(23)24/h26H,3-18H2,1-2H3,(H,28,29)(H4,23,24,25)/t22-/m1/s1. The van der Waals surface area contributed by atoms with Crippen LogP contribution in [0.25, 0.3) is 0 Å². The van der Waals surface area contributed by atoms with Crippen LogP contribution in [0, 0.1) is 0 Å². The first-order chi connectivity index (χ1) is 13.9. The lowest BCUT2D eigenvalue weighted by molar-refractivity contribution is -0.150. The van der Waals surface area contributed by atoms with Crippen LogP contribution in [0.5, 0.6) is 0 Å². The van der Waals surface area contributed by atoms with Crippen LogP contribution < -0.4 is 16.8 Å². The van der Waals surface area contributed by atoms with Crippen molar-refractivity contribution >= 4 is 17.7 Å². The molecular formula is C22H44N4O3. The number of likely N-dealkylation sites (N-methyl/N-ethyl adjacent to an activating group) is 1. The van der Waals surface area contributed by atoms with E-state index in [-0.39, 0.29) is 18.2 Å². The van der Waals surface area contributed by atoms with E-state index < -0.39 is 11.5 Å². The fraction of sp³-hybridized carbons (Fsp3) is 0.864. The molecule has 0 aromatic heterocycles. The number of nitrogens with two attached hydrogens (primary N) is 2. The summed E-state index contributed by atoms with van der Waals surface area (Å²) in [6.07, 6.45) is 14.1. The molecule has 0 aromatic rings. The summed E-state index contributed by atoms with van der Waals surface area (Å²) in [7, 11) is 0. The summed E-state index contributed by atoms with van der Waals surface area (Å²) in [6, 6.07) is 0. The van der Waals surface area contributed by atoms with Crippen molar-refractivity contribution in [2.45, 2.75) is 109 Å². The Morgan fingerprint density at radius 3 is 1.83 bits per heavy atom. The fourth-order valence-corrected chi connectivity index (χ4v) is 3.65. The Balaban J connectivity index is 4.22. The number of guanidine groups is 1. The highest BCUT2D eigenvalue weighted by molar-refractivity contribution is 6.07. The Morgan fingerprint density at radius 1 is 0.862 bits per heavy atom. The molecule has 7 heteroatoms. The number of carboxylic acids is 1. The van der Waals surface area contributed by atoms with E-state index in [1.165, 1.54) is 51.4 Å². The molecule has 29 heavy (non-hydrogen) atoms. The maximum Gasteiger partial charge on any atom is 0.331 e. The maximum atomic E-state index is 12.8. The molecule has 0 aliphatic rings. The number of nitrogens with zero attached hydrogens (tertiary/aromatic N) is 1. The number of Topliss-reactive ketones (excluding diaryl/α,β-unsaturated/α-hetero) is 1. The first kappa shape index (κ1) is 27.4. The highest BCUT2D eigenvalue weighted by Gasteiger charge is 2.43. The van der Waals surface area contributed by atoms with E-state index in [9.17, 15) is 14.7 Å². The number of hydrogen-bond acceptors (Lipinski definition) is 4. The molecule has 0 bridgehead atoms. The number of carbonyl (C=O) groups is 2. The van der Waals surface area contributed by atoms with Crippen molar-refractivity contribution in [2.24, 2.45) is 16.5 Å². The van der Waals surface area contributed by atoms with E-state index >= 15 is 0 Å². The molecule has 7 nitrogen and oxygen atoms in total. The summed E-state index contributed by atoms with van der Waals surface area (Å²) in [4.78, 5) is 28.5. The molecule has 0 aromatic carbocycles. The van der Waals surface area contributed by atoms with Crippen LogP contribution in [0.1, 0.15) is 104 Å². The molecule has 0 rings (SSSR count). The highest BCUT2D eigenvalue weighted by atomic mass is 16.4. The number of hydrogen-bond donors (Lipinski definition) is 4. The molecule has 0 saturated carbocycles. The topological polar surface area (TPSA) is 131 Å². The lowest BCUT2D eigenvalue weighted by atomic mass is 9.85. The van der Waals surface area contributed by atoms with Gasteiger partial charge in [-0.3, -0.25) is 15.1 Å². The Bertz CT molecular complexity index is 479. The van der Waals surface area contributed by atoms with Crippen LogP contribution >= 0.6 is 0 Å². The van der Waals surface area contributed by atoms with Crippen LogP contribution in [0.2, 0.25) is 0 Å². The summed E-state index contributed by atoms with van der Waals surface area (Å²) in [5.41, 5.74) is 9.07. The monoisotopic (exact) mass is 412 g/mol. The Labute approximate surface area is 177 Å². The highest BCUT2D eigenvalue weighted by Crippen LogP contribution is 2.20. The minimum absolute atomic E-state index is 0.0262. The summed E-state index contributed by atoms with van der Waals surface area (Å²) >= 11 is 0. The zero-order valence-corrected chi connectivity index (χ0v) is 18.7. The van der Waals surface area contributed by atoms with Crippen LogP contribution in [-0.2, 0) is 9.59 Å². The molecule has 0 aliphatic heterocycles. The van der Waals surface area contributed by atoms with Gasteiger partial charge in [-0.1, -0.05) is 78.1 Å². The molecule has 0 radical (unpaired) electrons. The van der Waals surface area contributed by atoms with Crippen molar-refractivity contribution in [2.75, 3.05) is 13.1 Å². The van der Waals surface area contributed by atoms with Crippen LogP contribution in [0.4, 0.5) is 0 Å². The van der Waals surface area contributed by atoms with Gasteiger partial charge in [0.15, 0.2) is 17.3 Å². The second-order valence-electron chi connectivity index (χ2n) is 7.86. The number of ketones is 1. The van der Waals surface area contributed by atoms with Gasteiger partial charge in [-0.15, -0.1) is 0 Å². The third-order valence-electron chi connectivity index (χ3n) is 5.33. The van der Waals surface area contributed by atoms with Crippen LogP contribution in [0.3, 0.4) is 0 Å². The van der Waals surface area contributed by atoms with Gasteiger partial charge in [0.1, 0.15) is 0 Å². The molecule has 0 heterocycles. The number of aliphatic carboxylic acids is 1. The van der Waals surface area contributed by atoms with Crippen molar-refractivity contribution in [3.8, 4) is 0 Å². The number of aliphatic imine (C=N–C) groups is 1. The molecule has 0 unspecified atom stereocenters. The van der Waals surface area contributed by atoms with Gasteiger partial charge in [0, 0.05) is 13.0 Å². The lowest BCUT2D eigenvalue weighted by Gasteiger charge is -2.29. The predicted octanol–water partition coefficient (Wildman–Crippen LogP) is 3.74. The van der Waals surface area contributed by atoms with E-state index in [1.807, 2.05) is 6.92 Å². The molecule has 0 fully saturated rings. The smallest absolute Gasteiger partial charge is 0.331 e. The average molecular weight is 413 g/mol. The third-order valence-corrected chi connectivity index (χ3v) is 5.33. The lowest BCUT2D eigenvalue weighted by Crippen LogP contribution is -2.58. The molecular weight excluding hydrogens is 368 g/mol. The van der Waals surface area contributed by atoms with Gasteiger partial charge in [-0.05, 0) is 25.8 Å². The first-order valence-corrected chi connectivity index (χ1v) is 11.5. The first-order valence-electron chi connectivity index (χ1n) is 11.5. The van der Waals surface area contributed by atoms with E-state index in [4.69, 9.17) is 11.5 Å². The Hall–Kier alpha value is -1.63. The largest absolute Gasteiger partial charge is 0.480 e. The number of nitrogens with one attached hydrogen (secondary N) is 1. The van der Waals surface area contributed by atoms with E-state index in [0.717, 1.165) is 19.3 Å². The molecule has 6 N–H and O–H groups in total. The van der Waals surface area contributed by atoms with Crippen molar-refractivity contribution in [1.82, 2.24) is 5.32 Å². The Kier molecular flexibility index (Phi) is 16.3. The van der Waals surface area contributed by atoms with Gasteiger partial charge in [-0.25, -0.2) is 4.79 Å². The van der Waals surface area contributed by atoms with Gasteiger partial charge >= 0.3 is 5.97 Å². The van der Waals surface area contributed by atoms with Crippen molar-refractivity contribution in [1.29, 1.82) is 0 Å². The van der Waals surface area contributed by atoms with Gasteiger partial charge in [0.05, 0.1) is 0 Å². The molecule has 0 aliphatic carbocycles. The number of unbranched alkanes of at least 4 members (excludes halogenated alkanes) is 10. The van der Waals surface area contributed by atoms with E-state index in [2.05, 4.69) is 17.2 Å². The zero-order valence-electron chi connectivity index (χ0n) is 18.7. The summed E-state index contributed by atoms with van der Waals surface area (Å²) < 4.78 is 0. The molecule has 0 spiro atoms. The quantitative estimate of drug-likeness (QED) is 0.104. The molecule has 1 atom stereocenters. The van der Waals surface area contributed by atoms with Gasteiger partial charge < -0.3 is 16.6 Å². The second kappa shape index (κ2) is 17.2.